The van der Waals surface area contributed by atoms with Crippen LogP contribution in [-0.2, 0) is 30.9 Å². The van der Waals surface area contributed by atoms with Gasteiger partial charge in [-0.25, -0.2) is 13.2 Å². The highest BCUT2D eigenvalue weighted by atomic mass is 32.2. The number of ether oxygens (including phenoxy) is 2. The summed E-state index contributed by atoms with van der Waals surface area (Å²) in [7, 11) is -2.82. The summed E-state index contributed by atoms with van der Waals surface area (Å²) in [5, 5.41) is 1.51. The molecule has 1 fully saturated rings. The minimum Gasteiger partial charge on any atom is -0.465 e. The highest BCUT2D eigenvalue weighted by molar-refractivity contribution is 7.89. The predicted molar refractivity (Wildman–Crippen MR) is 98.8 cm³/mol. The molecule has 0 radical (unpaired) electrons. The van der Waals surface area contributed by atoms with Crippen molar-refractivity contribution in [1.82, 2.24) is 4.31 Å². The summed E-state index contributed by atoms with van der Waals surface area (Å²) in [6, 6.07) is 9.63. The third-order valence-electron chi connectivity index (χ3n) is 4.29. The van der Waals surface area contributed by atoms with Crippen molar-refractivity contribution in [2.45, 2.75) is 30.4 Å². The van der Waals surface area contributed by atoms with Gasteiger partial charge in [-0.15, -0.1) is 11.3 Å². The Labute approximate surface area is 161 Å². The summed E-state index contributed by atoms with van der Waals surface area (Å²) in [5.41, 5.74) is 0.823. The third kappa shape index (κ3) is 4.05. The van der Waals surface area contributed by atoms with E-state index in [0.29, 0.717) is 12.8 Å². The number of carbonyl (C=O) groups is 2. The van der Waals surface area contributed by atoms with Gasteiger partial charge in [0.1, 0.15) is 22.4 Å². The summed E-state index contributed by atoms with van der Waals surface area (Å²) >= 11 is 0.989. The van der Waals surface area contributed by atoms with Gasteiger partial charge in [-0.1, -0.05) is 30.3 Å². The Morgan fingerprint density at radius 1 is 1.22 bits per heavy atom. The first-order valence-electron chi connectivity index (χ1n) is 8.33. The maximum atomic E-state index is 13.0. The molecule has 2 aromatic rings. The number of hydrogen-bond acceptors (Lipinski definition) is 7. The maximum absolute atomic E-state index is 13.0. The fraction of sp³-hybridized carbons (Fsp3) is 0.333. The number of carbonyl (C=O) groups excluding carboxylic acids is 2. The van der Waals surface area contributed by atoms with E-state index in [1.54, 1.807) is 0 Å². The standard InChI is InChI=1S/C18H19NO6S2/c1-24-18(21)16-15(9-11-26-16)27(22,23)19-10-5-8-14(19)17(20)25-12-13-6-3-2-4-7-13/h2-4,6-7,9,11,14H,5,8,10,12H2,1H3. The molecule has 0 amide bonds. The number of nitrogens with zero attached hydrogens (tertiary/aromatic N) is 1. The Kier molecular flexibility index (Phi) is 5.93. The van der Waals surface area contributed by atoms with Crippen LogP contribution in [0, 0.1) is 0 Å². The molecule has 1 atom stereocenters. The second kappa shape index (κ2) is 8.20. The molecule has 1 aromatic carbocycles. The van der Waals surface area contributed by atoms with Crippen molar-refractivity contribution in [3.8, 4) is 0 Å². The van der Waals surface area contributed by atoms with E-state index >= 15 is 0 Å². The van der Waals surface area contributed by atoms with E-state index in [9.17, 15) is 18.0 Å². The summed E-state index contributed by atoms with van der Waals surface area (Å²) in [4.78, 5) is 24.2. The van der Waals surface area contributed by atoms with Crippen molar-refractivity contribution in [3.63, 3.8) is 0 Å². The van der Waals surface area contributed by atoms with Crippen molar-refractivity contribution < 1.29 is 27.5 Å². The van der Waals surface area contributed by atoms with Crippen LogP contribution in [-0.4, -0.2) is 44.4 Å². The molecular formula is C18H19NO6S2. The van der Waals surface area contributed by atoms with Crippen molar-refractivity contribution in [3.05, 3.63) is 52.2 Å². The van der Waals surface area contributed by atoms with Crippen molar-refractivity contribution in [2.75, 3.05) is 13.7 Å². The minimum atomic E-state index is -4.02. The number of methoxy groups -OCH3 is 1. The van der Waals surface area contributed by atoms with Gasteiger partial charge in [-0.05, 0) is 29.9 Å². The number of rotatable bonds is 6. The molecule has 9 heteroatoms. The van der Waals surface area contributed by atoms with Crippen LogP contribution in [0.4, 0.5) is 0 Å². The summed E-state index contributed by atoms with van der Waals surface area (Å²) in [6.07, 6.45) is 0.923. The molecule has 0 aliphatic carbocycles. The molecular weight excluding hydrogens is 390 g/mol. The van der Waals surface area contributed by atoms with Crippen molar-refractivity contribution in [2.24, 2.45) is 0 Å². The van der Waals surface area contributed by atoms with E-state index in [1.165, 1.54) is 18.6 Å². The lowest BCUT2D eigenvalue weighted by Crippen LogP contribution is -2.41. The Balaban J connectivity index is 1.78. The van der Waals surface area contributed by atoms with Crippen LogP contribution >= 0.6 is 11.3 Å². The molecule has 1 aliphatic heterocycles. The fourth-order valence-electron chi connectivity index (χ4n) is 2.96. The van der Waals surface area contributed by atoms with E-state index in [4.69, 9.17) is 4.74 Å². The second-order valence-electron chi connectivity index (χ2n) is 5.97. The van der Waals surface area contributed by atoms with E-state index in [-0.39, 0.29) is 22.9 Å². The van der Waals surface area contributed by atoms with E-state index in [0.717, 1.165) is 21.2 Å². The predicted octanol–water partition coefficient (Wildman–Crippen LogP) is 2.43. The van der Waals surface area contributed by atoms with Gasteiger partial charge in [-0.3, -0.25) is 4.79 Å². The fourth-order valence-corrected chi connectivity index (χ4v) is 5.91. The molecule has 1 aliphatic rings. The largest absolute Gasteiger partial charge is 0.465 e. The monoisotopic (exact) mass is 409 g/mol. The molecule has 0 saturated carbocycles. The minimum absolute atomic E-state index is 0.000743. The lowest BCUT2D eigenvalue weighted by molar-refractivity contribution is -0.148. The summed E-state index contributed by atoms with van der Waals surface area (Å²) in [5.74, 6) is -1.30. The highest BCUT2D eigenvalue weighted by Crippen LogP contribution is 2.31. The normalized spacial score (nSPS) is 17.6. The van der Waals surface area contributed by atoms with Gasteiger partial charge in [0.05, 0.1) is 7.11 Å². The number of thiophene rings is 1. The highest BCUT2D eigenvalue weighted by Gasteiger charge is 2.42. The molecule has 1 unspecified atom stereocenters. The van der Waals surface area contributed by atoms with Crippen LogP contribution in [0.5, 0.6) is 0 Å². The maximum Gasteiger partial charge on any atom is 0.349 e. The molecule has 144 valence electrons. The van der Waals surface area contributed by atoms with Gasteiger partial charge >= 0.3 is 11.9 Å². The Morgan fingerprint density at radius 2 is 1.96 bits per heavy atom. The van der Waals surface area contributed by atoms with Crippen LogP contribution in [0.3, 0.4) is 0 Å². The zero-order valence-electron chi connectivity index (χ0n) is 14.7. The van der Waals surface area contributed by atoms with Gasteiger partial charge in [-0.2, -0.15) is 4.31 Å². The average Bonchev–Trinajstić information content (AvgIpc) is 3.36. The lowest BCUT2D eigenvalue weighted by atomic mass is 10.2. The first-order valence-corrected chi connectivity index (χ1v) is 10.7. The summed E-state index contributed by atoms with van der Waals surface area (Å²) in [6.45, 7) is 0.278. The zero-order valence-corrected chi connectivity index (χ0v) is 16.3. The van der Waals surface area contributed by atoms with Gasteiger partial charge in [0.2, 0.25) is 10.0 Å². The molecule has 7 nitrogen and oxygen atoms in total. The number of esters is 2. The van der Waals surface area contributed by atoms with Gasteiger partial charge in [0, 0.05) is 6.54 Å². The molecule has 1 saturated heterocycles. The van der Waals surface area contributed by atoms with Gasteiger partial charge < -0.3 is 9.47 Å². The Hall–Kier alpha value is -2.23. The quantitative estimate of drug-likeness (QED) is 0.681. The van der Waals surface area contributed by atoms with Crippen molar-refractivity contribution >= 4 is 33.3 Å². The van der Waals surface area contributed by atoms with E-state index in [2.05, 4.69) is 4.74 Å². The van der Waals surface area contributed by atoms with E-state index in [1.807, 2.05) is 30.3 Å². The van der Waals surface area contributed by atoms with E-state index < -0.39 is 28.0 Å². The average molecular weight is 409 g/mol. The van der Waals surface area contributed by atoms with Gasteiger partial charge in [0.15, 0.2) is 0 Å². The molecule has 1 aromatic heterocycles. The van der Waals surface area contributed by atoms with Gasteiger partial charge in [0.25, 0.3) is 0 Å². The van der Waals surface area contributed by atoms with Crippen LogP contribution in [0.2, 0.25) is 0 Å². The Morgan fingerprint density at radius 3 is 2.67 bits per heavy atom. The number of sulfonamides is 1. The number of benzene rings is 1. The Bertz CT molecular complexity index is 922. The van der Waals surface area contributed by atoms with Crippen LogP contribution in [0.25, 0.3) is 0 Å². The third-order valence-corrected chi connectivity index (χ3v) is 7.26. The van der Waals surface area contributed by atoms with Crippen LogP contribution in [0.15, 0.2) is 46.7 Å². The number of hydrogen-bond donors (Lipinski definition) is 0. The van der Waals surface area contributed by atoms with Crippen LogP contribution in [0.1, 0.15) is 28.1 Å². The lowest BCUT2D eigenvalue weighted by Gasteiger charge is -2.22. The first kappa shape index (κ1) is 19.5. The molecule has 3 rings (SSSR count). The topological polar surface area (TPSA) is 90.0 Å². The second-order valence-corrected chi connectivity index (χ2v) is 8.75. The zero-order chi connectivity index (χ0) is 19.4. The van der Waals surface area contributed by atoms with Crippen LogP contribution < -0.4 is 0 Å². The SMILES string of the molecule is COC(=O)c1sccc1S(=O)(=O)N1CCCC1C(=O)OCc1ccccc1. The molecule has 2 heterocycles. The molecule has 27 heavy (non-hydrogen) atoms. The summed E-state index contributed by atoms with van der Waals surface area (Å²) < 4.78 is 37.2. The molecule has 0 spiro atoms. The molecule has 0 N–H and O–H groups in total. The first-order chi connectivity index (χ1) is 12.9. The smallest absolute Gasteiger partial charge is 0.349 e. The molecule has 0 bridgehead atoms. The van der Waals surface area contributed by atoms with Crippen molar-refractivity contribution in [1.29, 1.82) is 0 Å².